The summed E-state index contributed by atoms with van der Waals surface area (Å²) in [5.41, 5.74) is 1.34. The molecule has 2 aromatic carbocycles. The Morgan fingerprint density at radius 3 is 2.53 bits per heavy atom. The summed E-state index contributed by atoms with van der Waals surface area (Å²) >= 11 is 1.66. The standard InChI is InChI=1S/C15H12F2OS/c16-10-5-9(6-11(17)7-10)15(18)13-8-19-14-4-2-1-3-12(13)14/h1-7,13,15,18H,8H2. The molecule has 1 aliphatic rings. The van der Waals surface area contributed by atoms with Gasteiger partial charge < -0.3 is 5.11 Å². The molecule has 2 unspecified atom stereocenters. The van der Waals surface area contributed by atoms with Crippen LogP contribution >= 0.6 is 11.8 Å². The summed E-state index contributed by atoms with van der Waals surface area (Å²) in [6, 6.07) is 11.0. The molecule has 0 radical (unpaired) electrons. The maximum absolute atomic E-state index is 13.2. The number of aliphatic hydroxyl groups is 1. The van der Waals surface area contributed by atoms with Crippen LogP contribution in [0.3, 0.4) is 0 Å². The molecule has 98 valence electrons. The normalized spacial score (nSPS) is 19.2. The van der Waals surface area contributed by atoms with Crippen LogP contribution in [0.15, 0.2) is 47.4 Å². The van der Waals surface area contributed by atoms with Crippen molar-refractivity contribution < 1.29 is 13.9 Å². The zero-order valence-electron chi connectivity index (χ0n) is 10.0. The molecule has 1 aliphatic heterocycles. The van der Waals surface area contributed by atoms with Gasteiger partial charge in [-0.1, -0.05) is 18.2 Å². The molecule has 2 aromatic rings. The molecule has 19 heavy (non-hydrogen) atoms. The van der Waals surface area contributed by atoms with E-state index in [0.717, 1.165) is 22.3 Å². The van der Waals surface area contributed by atoms with Gasteiger partial charge in [0.05, 0.1) is 6.10 Å². The Balaban J connectivity index is 1.95. The highest BCUT2D eigenvalue weighted by atomic mass is 32.2. The SMILES string of the molecule is OC(c1cc(F)cc(F)c1)C1CSc2ccccc21. The van der Waals surface area contributed by atoms with Gasteiger partial charge in [-0.2, -0.15) is 0 Å². The molecule has 0 aliphatic carbocycles. The van der Waals surface area contributed by atoms with Gasteiger partial charge in [-0.15, -0.1) is 11.8 Å². The number of benzene rings is 2. The van der Waals surface area contributed by atoms with Crippen molar-refractivity contribution in [1.82, 2.24) is 0 Å². The van der Waals surface area contributed by atoms with Gasteiger partial charge in [-0.05, 0) is 29.3 Å². The molecule has 0 saturated heterocycles. The molecule has 1 nitrogen and oxygen atoms in total. The number of rotatable bonds is 2. The number of halogens is 2. The minimum Gasteiger partial charge on any atom is -0.388 e. The molecule has 1 heterocycles. The van der Waals surface area contributed by atoms with Crippen LogP contribution in [0, 0.1) is 11.6 Å². The van der Waals surface area contributed by atoms with Crippen molar-refractivity contribution in [2.24, 2.45) is 0 Å². The van der Waals surface area contributed by atoms with Crippen LogP contribution in [-0.2, 0) is 0 Å². The number of hydrogen-bond donors (Lipinski definition) is 1. The molecule has 2 atom stereocenters. The molecule has 0 fully saturated rings. The van der Waals surface area contributed by atoms with E-state index >= 15 is 0 Å². The molecule has 3 rings (SSSR count). The Morgan fingerprint density at radius 1 is 1.11 bits per heavy atom. The maximum atomic E-state index is 13.2. The number of aliphatic hydroxyl groups excluding tert-OH is 1. The summed E-state index contributed by atoms with van der Waals surface area (Å²) in [6.45, 7) is 0. The third kappa shape index (κ3) is 2.38. The minimum absolute atomic E-state index is 0.123. The number of hydrogen-bond acceptors (Lipinski definition) is 2. The van der Waals surface area contributed by atoms with Crippen LogP contribution in [0.1, 0.15) is 23.1 Å². The quantitative estimate of drug-likeness (QED) is 0.899. The highest BCUT2D eigenvalue weighted by Crippen LogP contribution is 2.45. The molecule has 1 N–H and O–H groups in total. The summed E-state index contributed by atoms with van der Waals surface area (Å²) < 4.78 is 26.4. The third-order valence-electron chi connectivity index (χ3n) is 3.34. The van der Waals surface area contributed by atoms with E-state index in [0.29, 0.717) is 5.56 Å². The van der Waals surface area contributed by atoms with Gasteiger partial charge in [0.1, 0.15) is 11.6 Å². The van der Waals surface area contributed by atoms with Crippen LogP contribution in [-0.4, -0.2) is 10.9 Å². The summed E-state index contributed by atoms with van der Waals surface area (Å²) in [4.78, 5) is 1.13. The second-order valence-corrected chi connectivity index (χ2v) is 5.66. The molecule has 0 bridgehead atoms. The average molecular weight is 278 g/mol. The van der Waals surface area contributed by atoms with E-state index in [-0.39, 0.29) is 5.92 Å². The van der Waals surface area contributed by atoms with Gasteiger partial charge >= 0.3 is 0 Å². The summed E-state index contributed by atoms with van der Waals surface area (Å²) in [7, 11) is 0. The van der Waals surface area contributed by atoms with Gasteiger partial charge in [-0.25, -0.2) is 8.78 Å². The first-order valence-corrected chi connectivity index (χ1v) is 6.99. The van der Waals surface area contributed by atoms with E-state index in [1.807, 2.05) is 24.3 Å². The van der Waals surface area contributed by atoms with E-state index < -0.39 is 17.7 Å². The van der Waals surface area contributed by atoms with Gasteiger partial charge in [0, 0.05) is 22.6 Å². The van der Waals surface area contributed by atoms with Crippen LogP contribution in [0.25, 0.3) is 0 Å². The Hall–Kier alpha value is -1.39. The summed E-state index contributed by atoms with van der Waals surface area (Å²) in [6.07, 6.45) is -0.888. The van der Waals surface area contributed by atoms with Gasteiger partial charge in [0.15, 0.2) is 0 Å². The minimum atomic E-state index is -0.888. The fraction of sp³-hybridized carbons (Fsp3) is 0.200. The van der Waals surface area contributed by atoms with Crippen molar-refractivity contribution in [2.45, 2.75) is 16.9 Å². The topological polar surface area (TPSA) is 20.2 Å². The number of fused-ring (bicyclic) bond motifs is 1. The van der Waals surface area contributed by atoms with E-state index in [1.54, 1.807) is 11.8 Å². The first-order chi connectivity index (χ1) is 9.15. The maximum Gasteiger partial charge on any atom is 0.126 e. The van der Waals surface area contributed by atoms with Crippen molar-refractivity contribution in [2.75, 3.05) is 5.75 Å². The van der Waals surface area contributed by atoms with Crippen molar-refractivity contribution in [3.63, 3.8) is 0 Å². The fourth-order valence-corrected chi connectivity index (χ4v) is 3.71. The molecular weight excluding hydrogens is 266 g/mol. The Bertz CT molecular complexity index is 595. The highest BCUT2D eigenvalue weighted by Gasteiger charge is 2.30. The molecule has 0 saturated carbocycles. The lowest BCUT2D eigenvalue weighted by Crippen LogP contribution is -2.11. The first-order valence-electron chi connectivity index (χ1n) is 6.01. The van der Waals surface area contributed by atoms with Crippen molar-refractivity contribution in [1.29, 1.82) is 0 Å². The fourth-order valence-electron chi connectivity index (χ4n) is 2.43. The molecule has 4 heteroatoms. The molecule has 0 aromatic heterocycles. The lowest BCUT2D eigenvalue weighted by atomic mass is 9.91. The van der Waals surface area contributed by atoms with E-state index in [2.05, 4.69) is 0 Å². The summed E-state index contributed by atoms with van der Waals surface area (Å²) in [5, 5.41) is 10.4. The van der Waals surface area contributed by atoms with Crippen LogP contribution in [0.5, 0.6) is 0 Å². The first kappa shape index (κ1) is 12.6. The third-order valence-corrected chi connectivity index (χ3v) is 4.55. The Morgan fingerprint density at radius 2 is 1.79 bits per heavy atom. The van der Waals surface area contributed by atoms with E-state index in [4.69, 9.17) is 0 Å². The Labute approximate surface area is 114 Å². The largest absolute Gasteiger partial charge is 0.388 e. The molecular formula is C15H12F2OS. The zero-order valence-corrected chi connectivity index (χ0v) is 10.8. The average Bonchev–Trinajstić information content (AvgIpc) is 2.80. The molecule has 0 spiro atoms. The Kier molecular flexibility index (Phi) is 3.29. The van der Waals surface area contributed by atoms with Crippen molar-refractivity contribution >= 4 is 11.8 Å². The second kappa shape index (κ2) is 4.94. The predicted molar refractivity (Wildman–Crippen MR) is 71.2 cm³/mol. The summed E-state index contributed by atoms with van der Waals surface area (Å²) in [5.74, 6) is -0.720. The lowest BCUT2D eigenvalue weighted by molar-refractivity contribution is 0.153. The van der Waals surface area contributed by atoms with Gasteiger partial charge in [0.2, 0.25) is 0 Å². The van der Waals surface area contributed by atoms with E-state index in [9.17, 15) is 13.9 Å². The van der Waals surface area contributed by atoms with Crippen LogP contribution in [0.4, 0.5) is 8.78 Å². The smallest absolute Gasteiger partial charge is 0.126 e. The van der Waals surface area contributed by atoms with Crippen LogP contribution < -0.4 is 0 Å². The number of thioether (sulfide) groups is 1. The van der Waals surface area contributed by atoms with Gasteiger partial charge in [-0.3, -0.25) is 0 Å². The highest BCUT2D eigenvalue weighted by molar-refractivity contribution is 7.99. The van der Waals surface area contributed by atoms with Crippen LogP contribution in [0.2, 0.25) is 0 Å². The second-order valence-electron chi connectivity index (χ2n) is 4.60. The van der Waals surface area contributed by atoms with E-state index in [1.165, 1.54) is 12.1 Å². The molecule has 0 amide bonds. The monoisotopic (exact) mass is 278 g/mol. The van der Waals surface area contributed by atoms with Gasteiger partial charge in [0.25, 0.3) is 0 Å². The lowest BCUT2D eigenvalue weighted by Gasteiger charge is -2.19. The van der Waals surface area contributed by atoms with Crippen molar-refractivity contribution in [3.05, 3.63) is 65.2 Å². The van der Waals surface area contributed by atoms with Crippen molar-refractivity contribution in [3.8, 4) is 0 Å². The zero-order chi connectivity index (χ0) is 13.4. The predicted octanol–water partition coefficient (Wildman–Crippen LogP) is 3.89.